The number of anilines is 2. The van der Waals surface area contributed by atoms with E-state index in [1.165, 1.54) is 22.7 Å². The number of carbonyl (C=O) groups is 2. The number of carboxylic acid groups (broad SMARTS) is 1. The van der Waals surface area contributed by atoms with Crippen molar-refractivity contribution in [3.8, 4) is 22.5 Å². The number of aromatic amines is 2. The number of aliphatic carboxylic acids is 1. The number of carbonyl (C=O) groups excluding carboxylic acids is 1. The quantitative estimate of drug-likeness (QED) is 0.0944. The number of hydrogen-bond donors (Lipinski definition) is 5. The minimum Gasteiger partial charge on any atom is -0.481 e. The first kappa shape index (κ1) is 45.0. The number of para-hydroxylation sites is 1. The molecule has 315 valence electrons. The van der Waals surface area contributed by atoms with Crippen LogP contribution in [0.5, 0.6) is 0 Å². The molecule has 0 saturated carbocycles. The fourth-order valence-corrected chi connectivity index (χ4v) is 7.98. The molecule has 3 aromatic carbocycles. The zero-order chi connectivity index (χ0) is 43.5. The molecule has 0 fully saturated rings. The van der Waals surface area contributed by atoms with Crippen LogP contribution in [-0.4, -0.2) is 84.4 Å². The third-order valence-electron chi connectivity index (χ3n) is 8.77. The Kier molecular flexibility index (Phi) is 14.9. The number of aromatic nitrogens is 9. The number of pyridine rings is 2. The standard InChI is InChI=1S/C18H14N4OS.C10H8N4S.C8H8O2.C7H7N3O2S.B/c23-16(9-12-5-2-1-3-6-12)22-18-21-15(11-24-18)14-10-20-17-13(14)7-4-8-19-17;11-10-14-8(5-15-10)7-4-13-9-6(7)2-1-3-12-9;9-8(10)6-7-4-2-1-3-5-7;1-13(11,12)10-7-5-3-2-4-6(7)8-9-10;/h1-8,10-11H,9H2,(H,19,20)(H,21,22,23);1-5H,(H2,11,14)(H,12,13);1-5H,6H2,(H,9,10);2-5H,1H3;. The fraction of sp³-hybridized carbons (Fsp3) is 0.0698. The number of nitrogens with zero attached hydrogens (tertiary/aromatic N) is 7. The fourth-order valence-electron chi connectivity index (χ4n) is 6.01. The Morgan fingerprint density at radius 2 is 1.27 bits per heavy atom. The number of fused-ring (bicyclic) bond motifs is 3. The molecule has 0 spiro atoms. The molecule has 20 heteroatoms. The number of rotatable bonds is 8. The summed E-state index contributed by atoms with van der Waals surface area (Å²) in [6, 6.07) is 33.5. The molecule has 3 radical (unpaired) electrons. The molecule has 16 nitrogen and oxygen atoms in total. The van der Waals surface area contributed by atoms with E-state index in [0.717, 1.165) is 66.1 Å². The van der Waals surface area contributed by atoms with Crippen molar-refractivity contribution >= 4 is 96.3 Å². The van der Waals surface area contributed by atoms with Crippen LogP contribution in [0.1, 0.15) is 11.1 Å². The monoisotopic (exact) mass is 894 g/mol. The molecule has 63 heavy (non-hydrogen) atoms. The minimum atomic E-state index is -3.34. The summed E-state index contributed by atoms with van der Waals surface area (Å²) in [6.07, 6.45) is 8.85. The number of H-pyrrole nitrogens is 2. The number of nitrogens with two attached hydrogens (primary N) is 1. The average molecular weight is 895 g/mol. The molecule has 0 aliphatic rings. The molecule has 0 atom stereocenters. The van der Waals surface area contributed by atoms with Crippen molar-refractivity contribution in [3.63, 3.8) is 0 Å². The van der Waals surface area contributed by atoms with Gasteiger partial charge in [-0.15, -0.1) is 31.9 Å². The molecule has 0 aliphatic carbocycles. The summed E-state index contributed by atoms with van der Waals surface area (Å²) < 4.78 is 23.3. The Bertz CT molecular complexity index is 3190. The lowest BCUT2D eigenvalue weighted by Gasteiger charge is -2.01. The van der Waals surface area contributed by atoms with Gasteiger partial charge >= 0.3 is 5.97 Å². The number of nitrogen functional groups attached to an aromatic ring is 1. The second-order valence-corrected chi connectivity index (χ2v) is 16.8. The second-order valence-electron chi connectivity index (χ2n) is 13.3. The van der Waals surface area contributed by atoms with Crippen molar-refractivity contribution in [3.05, 3.63) is 156 Å². The van der Waals surface area contributed by atoms with Gasteiger partial charge in [-0.25, -0.2) is 28.4 Å². The van der Waals surface area contributed by atoms with Crippen LogP contribution in [0.2, 0.25) is 0 Å². The Morgan fingerprint density at radius 1 is 0.730 bits per heavy atom. The predicted octanol–water partition coefficient (Wildman–Crippen LogP) is 7.31. The van der Waals surface area contributed by atoms with Gasteiger partial charge in [-0.1, -0.05) is 78.0 Å². The molecule has 10 aromatic rings. The molecular weight excluding hydrogens is 858 g/mol. The number of nitrogens with one attached hydrogen (secondary N) is 3. The van der Waals surface area contributed by atoms with Crippen LogP contribution < -0.4 is 11.1 Å². The van der Waals surface area contributed by atoms with Gasteiger partial charge in [0, 0.05) is 65.9 Å². The molecule has 7 heterocycles. The van der Waals surface area contributed by atoms with E-state index in [4.69, 9.17) is 10.8 Å². The summed E-state index contributed by atoms with van der Waals surface area (Å²) in [5.41, 5.74) is 14.0. The summed E-state index contributed by atoms with van der Waals surface area (Å²) >= 11 is 2.86. The summed E-state index contributed by atoms with van der Waals surface area (Å²) in [5, 5.41) is 25.7. The zero-order valence-corrected chi connectivity index (χ0v) is 35.8. The highest BCUT2D eigenvalue weighted by atomic mass is 32.2. The van der Waals surface area contributed by atoms with E-state index in [-0.39, 0.29) is 20.7 Å². The van der Waals surface area contributed by atoms with Crippen LogP contribution in [0.25, 0.3) is 55.6 Å². The normalized spacial score (nSPS) is 10.7. The van der Waals surface area contributed by atoms with Crippen LogP contribution in [-0.2, 0) is 32.5 Å². The third kappa shape index (κ3) is 11.8. The van der Waals surface area contributed by atoms with E-state index in [1.807, 2.05) is 96.0 Å². The van der Waals surface area contributed by atoms with Crippen LogP contribution in [0.15, 0.2) is 145 Å². The molecule has 1 amide bonds. The smallest absolute Gasteiger partial charge is 0.307 e. The molecule has 0 aliphatic heterocycles. The van der Waals surface area contributed by atoms with Gasteiger partial charge < -0.3 is 26.1 Å². The van der Waals surface area contributed by atoms with Gasteiger partial charge in [-0.05, 0) is 47.5 Å². The van der Waals surface area contributed by atoms with E-state index in [2.05, 4.69) is 45.5 Å². The topological polar surface area (TPSA) is 240 Å². The van der Waals surface area contributed by atoms with E-state index < -0.39 is 16.0 Å². The van der Waals surface area contributed by atoms with Crippen LogP contribution in [0.4, 0.5) is 10.3 Å². The van der Waals surface area contributed by atoms with Crippen molar-refractivity contribution in [2.45, 2.75) is 12.8 Å². The van der Waals surface area contributed by atoms with Gasteiger partial charge in [0.05, 0.1) is 30.5 Å². The van der Waals surface area contributed by atoms with Crippen molar-refractivity contribution in [1.82, 2.24) is 44.3 Å². The second kappa shape index (κ2) is 20.8. The number of benzene rings is 3. The predicted molar refractivity (Wildman–Crippen MR) is 249 cm³/mol. The van der Waals surface area contributed by atoms with Gasteiger partial charge in [-0.2, -0.15) is 0 Å². The van der Waals surface area contributed by atoms with E-state index in [9.17, 15) is 18.0 Å². The summed E-state index contributed by atoms with van der Waals surface area (Å²) in [5.74, 6) is -0.853. The lowest BCUT2D eigenvalue weighted by molar-refractivity contribution is -0.136. The summed E-state index contributed by atoms with van der Waals surface area (Å²) in [6.45, 7) is 0. The lowest BCUT2D eigenvalue weighted by atomic mass is 10.1. The lowest BCUT2D eigenvalue weighted by Crippen LogP contribution is -2.14. The molecule has 6 N–H and O–H groups in total. The highest BCUT2D eigenvalue weighted by molar-refractivity contribution is 7.89. The number of amides is 1. The summed E-state index contributed by atoms with van der Waals surface area (Å²) in [7, 11) is -3.34. The summed E-state index contributed by atoms with van der Waals surface area (Å²) in [4.78, 5) is 45.8. The Morgan fingerprint density at radius 3 is 1.83 bits per heavy atom. The number of carboxylic acids is 1. The first-order chi connectivity index (χ1) is 30.0. The molecule has 10 rings (SSSR count). The van der Waals surface area contributed by atoms with Crippen molar-refractivity contribution in [2.24, 2.45) is 0 Å². The average Bonchev–Trinajstić information content (AvgIpc) is 4.12. The maximum absolute atomic E-state index is 12.1. The molecule has 0 unspecified atom stereocenters. The van der Waals surface area contributed by atoms with Crippen LogP contribution in [0, 0.1) is 0 Å². The van der Waals surface area contributed by atoms with Crippen molar-refractivity contribution < 1.29 is 23.1 Å². The van der Waals surface area contributed by atoms with Crippen LogP contribution >= 0.6 is 22.7 Å². The van der Waals surface area contributed by atoms with Crippen molar-refractivity contribution in [2.75, 3.05) is 17.3 Å². The highest BCUT2D eigenvalue weighted by Crippen LogP contribution is 2.31. The molecule has 0 saturated heterocycles. The Hall–Kier alpha value is -7.55. The van der Waals surface area contributed by atoms with Gasteiger partial charge in [0.25, 0.3) is 10.0 Å². The first-order valence-electron chi connectivity index (χ1n) is 18.6. The third-order valence-corrected chi connectivity index (χ3v) is 11.1. The Labute approximate surface area is 370 Å². The van der Waals surface area contributed by atoms with Crippen molar-refractivity contribution in [1.29, 1.82) is 0 Å². The maximum atomic E-state index is 12.1. The minimum absolute atomic E-state index is 0. The molecular formula is C43H37BN11O5S3. The van der Waals surface area contributed by atoms with E-state index >= 15 is 0 Å². The SMILES string of the molecule is CS(=O)(=O)n1nnc2ccccc21.Nc1nc(-c2c[nH]c3ncccc23)cs1.O=C(Cc1ccccc1)Nc1nc(-c2c[nH]c3ncccc23)cs1.O=C(O)Cc1ccccc1.[B]. The number of thiazole rings is 2. The molecule has 0 bridgehead atoms. The largest absolute Gasteiger partial charge is 0.481 e. The van der Waals surface area contributed by atoms with Gasteiger partial charge in [0.1, 0.15) is 22.3 Å². The Balaban J connectivity index is 0.000000147. The highest BCUT2D eigenvalue weighted by Gasteiger charge is 2.14. The van der Waals surface area contributed by atoms with E-state index in [0.29, 0.717) is 27.7 Å². The molecule has 7 aromatic heterocycles. The number of hydrogen-bond acceptors (Lipinski definition) is 13. The van der Waals surface area contributed by atoms with Gasteiger partial charge in [-0.3, -0.25) is 9.59 Å². The van der Waals surface area contributed by atoms with Gasteiger partial charge in [0.2, 0.25) is 5.91 Å². The van der Waals surface area contributed by atoms with Gasteiger partial charge in [0.15, 0.2) is 10.3 Å². The first-order valence-corrected chi connectivity index (χ1v) is 22.2. The van der Waals surface area contributed by atoms with E-state index in [1.54, 1.807) is 48.8 Å². The zero-order valence-electron chi connectivity index (χ0n) is 33.4. The van der Waals surface area contributed by atoms with Crippen LogP contribution in [0.3, 0.4) is 0 Å². The maximum Gasteiger partial charge on any atom is 0.307 e.